The maximum atomic E-state index is 9.99. The van der Waals surface area contributed by atoms with Crippen LogP contribution in [0.5, 0.6) is 0 Å². The Morgan fingerprint density at radius 1 is 1.25 bits per heavy atom. The lowest BCUT2D eigenvalue weighted by Gasteiger charge is -2.28. The van der Waals surface area contributed by atoms with Gasteiger partial charge < -0.3 is 15.2 Å². The summed E-state index contributed by atoms with van der Waals surface area (Å²) in [7, 11) is 0. The van der Waals surface area contributed by atoms with Crippen LogP contribution >= 0.6 is 0 Å². The van der Waals surface area contributed by atoms with Gasteiger partial charge in [-0.2, -0.15) is 0 Å². The van der Waals surface area contributed by atoms with Gasteiger partial charge in [0.05, 0.1) is 12.7 Å². The zero-order valence-corrected chi connectivity index (χ0v) is 10.3. The van der Waals surface area contributed by atoms with Crippen LogP contribution in [0, 0.1) is 11.8 Å². The van der Waals surface area contributed by atoms with Crippen molar-refractivity contribution in [1.82, 2.24) is 5.32 Å². The highest BCUT2D eigenvalue weighted by atomic mass is 16.5. The average Bonchev–Trinajstić information content (AvgIpc) is 2.81. The first-order valence-corrected chi connectivity index (χ1v) is 6.75. The second kappa shape index (κ2) is 5.99. The van der Waals surface area contributed by atoms with Crippen molar-refractivity contribution in [2.45, 2.75) is 51.2 Å². The predicted molar refractivity (Wildman–Crippen MR) is 64.4 cm³/mol. The summed E-state index contributed by atoms with van der Waals surface area (Å²) in [5.74, 6) is 1.25. The van der Waals surface area contributed by atoms with Crippen molar-refractivity contribution < 1.29 is 9.84 Å². The van der Waals surface area contributed by atoms with Crippen LogP contribution in [0.3, 0.4) is 0 Å². The molecule has 3 nitrogen and oxygen atoms in total. The molecule has 1 saturated heterocycles. The van der Waals surface area contributed by atoms with Gasteiger partial charge in [-0.3, -0.25) is 0 Å². The van der Waals surface area contributed by atoms with E-state index in [1.54, 1.807) is 0 Å². The van der Waals surface area contributed by atoms with Crippen LogP contribution in [-0.4, -0.2) is 37.0 Å². The fourth-order valence-corrected chi connectivity index (χ4v) is 2.77. The third-order valence-corrected chi connectivity index (χ3v) is 4.14. The molecule has 1 aliphatic heterocycles. The Morgan fingerprint density at radius 2 is 2.00 bits per heavy atom. The first kappa shape index (κ1) is 12.3. The number of aliphatic hydroxyl groups is 1. The van der Waals surface area contributed by atoms with Crippen LogP contribution in [0.15, 0.2) is 0 Å². The Kier molecular flexibility index (Phi) is 4.62. The molecular formula is C13H25NO2. The average molecular weight is 227 g/mol. The van der Waals surface area contributed by atoms with Crippen molar-refractivity contribution in [3.8, 4) is 0 Å². The summed E-state index contributed by atoms with van der Waals surface area (Å²) in [4.78, 5) is 0. The number of hydrogen-bond donors (Lipinski definition) is 2. The van der Waals surface area contributed by atoms with Gasteiger partial charge in [-0.05, 0) is 38.0 Å². The molecule has 2 rings (SSSR count). The molecule has 94 valence electrons. The molecule has 0 bridgehead atoms. The van der Waals surface area contributed by atoms with Crippen molar-refractivity contribution in [2.75, 3.05) is 19.8 Å². The zero-order valence-electron chi connectivity index (χ0n) is 10.3. The lowest BCUT2D eigenvalue weighted by atomic mass is 9.87. The molecule has 0 aromatic carbocycles. The normalized spacial score (nSPS) is 37.5. The van der Waals surface area contributed by atoms with Crippen molar-refractivity contribution in [3.63, 3.8) is 0 Å². The van der Waals surface area contributed by atoms with E-state index in [1.807, 2.05) is 0 Å². The van der Waals surface area contributed by atoms with Crippen LogP contribution in [-0.2, 0) is 4.74 Å². The van der Waals surface area contributed by atoms with Gasteiger partial charge in [-0.25, -0.2) is 0 Å². The number of rotatable bonds is 4. The maximum absolute atomic E-state index is 9.99. The van der Waals surface area contributed by atoms with Gasteiger partial charge in [0.1, 0.15) is 0 Å². The predicted octanol–water partition coefficient (Wildman–Crippen LogP) is 1.55. The van der Waals surface area contributed by atoms with E-state index in [4.69, 9.17) is 4.74 Å². The highest BCUT2D eigenvalue weighted by Crippen LogP contribution is 2.23. The molecule has 2 N–H and O–H groups in total. The van der Waals surface area contributed by atoms with Crippen LogP contribution in [0.25, 0.3) is 0 Å². The second-order valence-corrected chi connectivity index (χ2v) is 5.56. The molecule has 2 aliphatic rings. The van der Waals surface area contributed by atoms with E-state index in [1.165, 1.54) is 25.7 Å². The topological polar surface area (TPSA) is 41.5 Å². The smallest absolute Gasteiger partial charge is 0.0715 e. The number of aliphatic hydroxyl groups excluding tert-OH is 1. The van der Waals surface area contributed by atoms with Gasteiger partial charge >= 0.3 is 0 Å². The van der Waals surface area contributed by atoms with Crippen molar-refractivity contribution in [2.24, 2.45) is 11.8 Å². The first-order chi connectivity index (χ1) is 7.75. The molecule has 0 amide bonds. The van der Waals surface area contributed by atoms with E-state index in [0.717, 1.165) is 32.1 Å². The molecule has 16 heavy (non-hydrogen) atoms. The Labute approximate surface area is 98.6 Å². The van der Waals surface area contributed by atoms with Gasteiger partial charge in [0.25, 0.3) is 0 Å². The number of nitrogens with one attached hydrogen (secondary N) is 1. The summed E-state index contributed by atoms with van der Waals surface area (Å²) >= 11 is 0. The molecule has 2 atom stereocenters. The minimum atomic E-state index is -0.221. The van der Waals surface area contributed by atoms with E-state index in [9.17, 15) is 5.11 Å². The fraction of sp³-hybridized carbons (Fsp3) is 1.00. The summed E-state index contributed by atoms with van der Waals surface area (Å²) in [5.41, 5.74) is 0. The minimum absolute atomic E-state index is 0.221. The lowest BCUT2D eigenvalue weighted by molar-refractivity contribution is 0.0862. The lowest BCUT2D eigenvalue weighted by Crippen LogP contribution is -2.40. The maximum Gasteiger partial charge on any atom is 0.0715 e. The molecule has 1 heterocycles. The standard InChI is InChI=1S/C13H25NO2/c1-10-2-4-12(5-3-10)14-8-13(15)11-6-7-16-9-11/h10-15H,2-9H2,1H3. The monoisotopic (exact) mass is 227 g/mol. The summed E-state index contributed by atoms with van der Waals surface area (Å²) in [6.45, 7) is 4.64. The second-order valence-electron chi connectivity index (χ2n) is 5.56. The van der Waals surface area contributed by atoms with Gasteiger partial charge in [0.15, 0.2) is 0 Å². The third kappa shape index (κ3) is 3.44. The minimum Gasteiger partial charge on any atom is -0.391 e. The van der Waals surface area contributed by atoms with Crippen LogP contribution < -0.4 is 5.32 Å². The molecule has 0 aromatic heterocycles. The Bertz CT molecular complexity index is 196. The molecule has 0 spiro atoms. The van der Waals surface area contributed by atoms with Gasteiger partial charge in [-0.1, -0.05) is 6.92 Å². The summed E-state index contributed by atoms with van der Waals surface area (Å²) < 4.78 is 5.30. The zero-order chi connectivity index (χ0) is 11.4. The third-order valence-electron chi connectivity index (χ3n) is 4.14. The highest BCUT2D eigenvalue weighted by molar-refractivity contribution is 4.79. The fourth-order valence-electron chi connectivity index (χ4n) is 2.77. The molecule has 3 heteroatoms. The summed E-state index contributed by atoms with van der Waals surface area (Å²) in [5, 5.41) is 13.5. The largest absolute Gasteiger partial charge is 0.391 e. The number of hydrogen-bond acceptors (Lipinski definition) is 3. The van der Waals surface area contributed by atoms with E-state index in [-0.39, 0.29) is 6.10 Å². The van der Waals surface area contributed by atoms with Crippen LogP contribution in [0.1, 0.15) is 39.0 Å². The first-order valence-electron chi connectivity index (χ1n) is 6.75. The highest BCUT2D eigenvalue weighted by Gasteiger charge is 2.25. The Morgan fingerprint density at radius 3 is 2.62 bits per heavy atom. The number of ether oxygens (including phenoxy) is 1. The van der Waals surface area contributed by atoms with Crippen molar-refractivity contribution in [1.29, 1.82) is 0 Å². The molecule has 0 radical (unpaired) electrons. The van der Waals surface area contributed by atoms with Gasteiger partial charge in [0, 0.05) is 25.1 Å². The van der Waals surface area contributed by atoms with Gasteiger partial charge in [0.2, 0.25) is 0 Å². The van der Waals surface area contributed by atoms with E-state index < -0.39 is 0 Å². The van der Waals surface area contributed by atoms with Crippen LogP contribution in [0.4, 0.5) is 0 Å². The van der Waals surface area contributed by atoms with E-state index >= 15 is 0 Å². The Hall–Kier alpha value is -0.120. The molecule has 0 aromatic rings. The summed E-state index contributed by atoms with van der Waals surface area (Å²) in [6, 6.07) is 0.633. The van der Waals surface area contributed by atoms with E-state index in [0.29, 0.717) is 12.0 Å². The molecule has 2 fully saturated rings. The molecule has 1 aliphatic carbocycles. The van der Waals surface area contributed by atoms with Crippen LogP contribution in [0.2, 0.25) is 0 Å². The van der Waals surface area contributed by atoms with E-state index in [2.05, 4.69) is 12.2 Å². The molecule has 2 unspecified atom stereocenters. The van der Waals surface area contributed by atoms with Crippen molar-refractivity contribution in [3.05, 3.63) is 0 Å². The Balaban J connectivity index is 1.62. The SMILES string of the molecule is CC1CCC(NCC(O)C2CCOC2)CC1. The van der Waals surface area contributed by atoms with Crippen molar-refractivity contribution >= 4 is 0 Å². The molecule has 1 saturated carbocycles. The molecular weight excluding hydrogens is 202 g/mol. The summed E-state index contributed by atoms with van der Waals surface area (Å²) in [6.07, 6.45) is 6.01. The quantitative estimate of drug-likeness (QED) is 0.765. The van der Waals surface area contributed by atoms with Gasteiger partial charge in [-0.15, -0.1) is 0 Å².